The summed E-state index contributed by atoms with van der Waals surface area (Å²) in [5, 5.41) is 12.1. The van der Waals surface area contributed by atoms with Crippen LogP contribution < -0.4 is 14.2 Å². The standard InChI is InChI=1S/C28H25FN4O5/c1-33-31-28(30-32-33)16-3-5-18(6-4-16)37-23-12-10-22(29)27-21(23)9-11-24(27)38-19-7-8-20-17(13-26(34)35-2)15-36-25(20)14-19/h3-8,10,12,14,17,24H,9,11,13,15H2,1-2H3/t17?,24-/m1/s1. The van der Waals surface area contributed by atoms with Crippen LogP contribution in [0.2, 0.25) is 0 Å². The van der Waals surface area contributed by atoms with Gasteiger partial charge in [-0.1, -0.05) is 6.07 Å². The molecule has 1 aromatic heterocycles. The highest BCUT2D eigenvalue weighted by atomic mass is 19.1. The zero-order chi connectivity index (χ0) is 26.2. The average molecular weight is 517 g/mol. The van der Waals surface area contributed by atoms with Crippen LogP contribution in [0.15, 0.2) is 54.6 Å². The van der Waals surface area contributed by atoms with Crippen molar-refractivity contribution in [2.45, 2.75) is 31.3 Å². The first-order chi connectivity index (χ1) is 18.5. The number of benzene rings is 3. The number of carbonyl (C=O) groups is 1. The van der Waals surface area contributed by atoms with E-state index in [-0.39, 0.29) is 24.1 Å². The topological polar surface area (TPSA) is 97.6 Å². The summed E-state index contributed by atoms with van der Waals surface area (Å²) >= 11 is 0. The Hall–Kier alpha value is -4.47. The second kappa shape index (κ2) is 9.77. The Morgan fingerprint density at radius 2 is 1.95 bits per heavy atom. The van der Waals surface area contributed by atoms with Gasteiger partial charge in [0.25, 0.3) is 0 Å². The summed E-state index contributed by atoms with van der Waals surface area (Å²) < 4.78 is 37.9. The van der Waals surface area contributed by atoms with Gasteiger partial charge in [0, 0.05) is 34.2 Å². The van der Waals surface area contributed by atoms with E-state index in [0.717, 1.165) is 16.7 Å². The normalized spacial score (nSPS) is 17.4. The van der Waals surface area contributed by atoms with Crippen LogP contribution in [0.3, 0.4) is 0 Å². The Bertz CT molecular complexity index is 1500. The minimum Gasteiger partial charge on any atom is -0.492 e. The van der Waals surface area contributed by atoms with Crippen LogP contribution in [-0.2, 0) is 23.0 Å². The van der Waals surface area contributed by atoms with Crippen molar-refractivity contribution in [1.29, 1.82) is 0 Å². The molecule has 1 aliphatic carbocycles. The van der Waals surface area contributed by atoms with Gasteiger partial charge in [0.2, 0.25) is 5.82 Å². The fourth-order valence-electron chi connectivity index (χ4n) is 5.00. The molecular formula is C28H25FN4O5. The van der Waals surface area contributed by atoms with Gasteiger partial charge in [-0.2, -0.15) is 4.80 Å². The van der Waals surface area contributed by atoms with Crippen molar-refractivity contribution in [3.8, 4) is 34.4 Å². The van der Waals surface area contributed by atoms with Gasteiger partial charge >= 0.3 is 5.97 Å². The molecule has 1 aliphatic heterocycles. The Labute approximate surface area is 218 Å². The van der Waals surface area contributed by atoms with Gasteiger partial charge in [-0.3, -0.25) is 4.79 Å². The number of hydrogen-bond donors (Lipinski definition) is 0. The van der Waals surface area contributed by atoms with Crippen LogP contribution in [0, 0.1) is 5.82 Å². The Morgan fingerprint density at radius 3 is 2.71 bits per heavy atom. The molecule has 2 heterocycles. The summed E-state index contributed by atoms with van der Waals surface area (Å²) in [6.07, 6.45) is 1.04. The lowest BCUT2D eigenvalue weighted by molar-refractivity contribution is -0.141. The third-order valence-corrected chi connectivity index (χ3v) is 6.87. The second-order valence-corrected chi connectivity index (χ2v) is 9.30. The molecule has 0 saturated heterocycles. The number of tetrazole rings is 1. The number of rotatable bonds is 7. The maximum absolute atomic E-state index is 15.0. The minimum atomic E-state index is -0.455. The van der Waals surface area contributed by atoms with E-state index in [2.05, 4.69) is 15.4 Å². The lowest BCUT2D eigenvalue weighted by Crippen LogP contribution is -2.09. The lowest BCUT2D eigenvalue weighted by atomic mass is 9.98. The van der Waals surface area contributed by atoms with Gasteiger partial charge < -0.3 is 18.9 Å². The fraction of sp³-hybridized carbons (Fsp3) is 0.286. The Morgan fingerprint density at radius 1 is 1.13 bits per heavy atom. The molecule has 6 rings (SSSR count). The third-order valence-electron chi connectivity index (χ3n) is 6.87. The van der Waals surface area contributed by atoms with Crippen molar-refractivity contribution in [2.75, 3.05) is 13.7 Å². The van der Waals surface area contributed by atoms with Crippen molar-refractivity contribution in [2.24, 2.45) is 7.05 Å². The molecule has 3 aromatic carbocycles. The van der Waals surface area contributed by atoms with Gasteiger partial charge in [0.1, 0.15) is 34.9 Å². The number of fused-ring (bicyclic) bond motifs is 2. The third kappa shape index (κ3) is 4.53. The number of hydrogen-bond acceptors (Lipinski definition) is 8. The molecule has 9 nitrogen and oxygen atoms in total. The van der Waals surface area contributed by atoms with E-state index in [9.17, 15) is 4.79 Å². The first-order valence-electron chi connectivity index (χ1n) is 12.3. The molecule has 194 valence electrons. The largest absolute Gasteiger partial charge is 0.492 e. The van der Waals surface area contributed by atoms with Gasteiger partial charge in [-0.25, -0.2) is 4.39 Å². The van der Waals surface area contributed by atoms with Gasteiger partial charge in [0.15, 0.2) is 0 Å². The molecule has 0 spiro atoms. The quantitative estimate of drug-likeness (QED) is 0.320. The van der Waals surface area contributed by atoms with Crippen molar-refractivity contribution >= 4 is 5.97 Å². The van der Waals surface area contributed by atoms with Crippen molar-refractivity contribution in [3.63, 3.8) is 0 Å². The molecule has 38 heavy (non-hydrogen) atoms. The predicted molar refractivity (Wildman–Crippen MR) is 134 cm³/mol. The van der Waals surface area contributed by atoms with Gasteiger partial charge in [-0.05, 0) is 60.5 Å². The first-order valence-corrected chi connectivity index (χ1v) is 12.3. The van der Waals surface area contributed by atoms with E-state index in [0.29, 0.717) is 53.8 Å². The number of ether oxygens (including phenoxy) is 4. The smallest absolute Gasteiger partial charge is 0.306 e. The lowest BCUT2D eigenvalue weighted by Gasteiger charge is -2.17. The monoisotopic (exact) mass is 516 g/mol. The van der Waals surface area contributed by atoms with Crippen LogP contribution in [0.1, 0.15) is 41.6 Å². The van der Waals surface area contributed by atoms with Crippen LogP contribution in [0.5, 0.6) is 23.0 Å². The summed E-state index contributed by atoms with van der Waals surface area (Å²) in [5.41, 5.74) is 3.06. The van der Waals surface area contributed by atoms with Crippen LogP contribution in [0.25, 0.3) is 11.4 Å². The van der Waals surface area contributed by atoms with Gasteiger partial charge in [0.05, 0.1) is 27.2 Å². The number of nitrogens with zero attached hydrogens (tertiary/aromatic N) is 4. The fourth-order valence-corrected chi connectivity index (χ4v) is 5.00. The zero-order valence-electron chi connectivity index (χ0n) is 20.9. The van der Waals surface area contributed by atoms with Crippen molar-refractivity contribution < 1.29 is 28.1 Å². The van der Waals surface area contributed by atoms with E-state index in [4.69, 9.17) is 18.9 Å². The molecule has 10 heteroatoms. The maximum Gasteiger partial charge on any atom is 0.306 e. The zero-order valence-corrected chi connectivity index (χ0v) is 20.9. The van der Waals surface area contributed by atoms with E-state index in [1.54, 1.807) is 19.2 Å². The van der Waals surface area contributed by atoms with Crippen molar-refractivity contribution in [1.82, 2.24) is 20.2 Å². The van der Waals surface area contributed by atoms with E-state index in [1.807, 2.05) is 36.4 Å². The highest BCUT2D eigenvalue weighted by Gasteiger charge is 2.32. The molecule has 0 amide bonds. The van der Waals surface area contributed by atoms with Gasteiger partial charge in [-0.15, -0.1) is 10.2 Å². The molecule has 1 unspecified atom stereocenters. The highest BCUT2D eigenvalue weighted by molar-refractivity contribution is 5.71. The van der Waals surface area contributed by atoms with Crippen molar-refractivity contribution in [3.05, 3.63) is 77.1 Å². The molecule has 0 N–H and O–H groups in total. The summed E-state index contributed by atoms with van der Waals surface area (Å²) in [6.45, 7) is 0.408. The Kier molecular flexibility index (Phi) is 6.15. The molecule has 2 atom stereocenters. The SMILES string of the molecule is COC(=O)CC1COc2cc(O[C@@H]3CCc4c(Oc5ccc(-c6nnn(C)n6)cc5)ccc(F)c43)ccc21. The number of carbonyl (C=O) groups excluding carboxylic acids is 1. The highest BCUT2D eigenvalue weighted by Crippen LogP contribution is 2.44. The molecule has 0 radical (unpaired) electrons. The summed E-state index contributed by atoms with van der Waals surface area (Å²) in [7, 11) is 3.08. The summed E-state index contributed by atoms with van der Waals surface area (Å²) in [4.78, 5) is 13.1. The minimum absolute atomic E-state index is 0.0539. The summed E-state index contributed by atoms with van der Waals surface area (Å²) in [5.74, 6) is 2.34. The van der Waals surface area contributed by atoms with Crippen LogP contribution in [-0.4, -0.2) is 39.9 Å². The Balaban J connectivity index is 1.19. The van der Waals surface area contributed by atoms with E-state index < -0.39 is 6.10 Å². The van der Waals surface area contributed by atoms with Crippen LogP contribution >= 0.6 is 0 Å². The summed E-state index contributed by atoms with van der Waals surface area (Å²) in [6, 6.07) is 16.0. The van der Waals surface area contributed by atoms with E-state index >= 15 is 4.39 Å². The molecule has 0 fully saturated rings. The number of methoxy groups -OCH3 is 1. The number of halogens is 1. The van der Waals surface area contributed by atoms with E-state index in [1.165, 1.54) is 18.0 Å². The molecule has 0 bridgehead atoms. The average Bonchev–Trinajstić information content (AvgIpc) is 3.65. The molecule has 0 saturated carbocycles. The van der Waals surface area contributed by atoms with Crippen LogP contribution in [0.4, 0.5) is 4.39 Å². The number of aryl methyl sites for hydroxylation is 1. The molecular weight excluding hydrogens is 491 g/mol. The predicted octanol–water partition coefficient (Wildman–Crippen LogP) is 4.91. The maximum atomic E-state index is 15.0. The second-order valence-electron chi connectivity index (χ2n) is 9.30. The first kappa shape index (κ1) is 23.9. The number of aromatic nitrogens is 4. The molecule has 4 aromatic rings. The number of esters is 1. The molecule has 2 aliphatic rings.